The summed E-state index contributed by atoms with van der Waals surface area (Å²) in [6.07, 6.45) is 1.07. The fraction of sp³-hybridized carbons (Fsp3) is 0.250. The molecule has 1 atom stereocenters. The Balaban J connectivity index is 1.50. The Bertz CT molecular complexity index is 778. The van der Waals surface area contributed by atoms with Crippen LogP contribution in [-0.4, -0.2) is 31.1 Å². The summed E-state index contributed by atoms with van der Waals surface area (Å²) in [6, 6.07) is 33.1. The molecule has 3 aromatic rings. The van der Waals surface area contributed by atoms with E-state index in [0.29, 0.717) is 6.04 Å². The van der Waals surface area contributed by atoms with E-state index in [1.807, 2.05) is 0 Å². The van der Waals surface area contributed by atoms with Gasteiger partial charge in [0.2, 0.25) is 0 Å². The Labute approximate surface area is 156 Å². The van der Waals surface area contributed by atoms with Crippen LogP contribution in [0.3, 0.4) is 0 Å². The van der Waals surface area contributed by atoms with E-state index in [9.17, 15) is 0 Å². The van der Waals surface area contributed by atoms with Crippen LogP contribution in [0.2, 0.25) is 0 Å². The Hall–Kier alpha value is -2.58. The maximum atomic E-state index is 2.65. The first-order valence-corrected chi connectivity index (χ1v) is 9.53. The molecule has 2 nitrogen and oxygen atoms in total. The third-order valence-corrected chi connectivity index (χ3v) is 5.33. The van der Waals surface area contributed by atoms with Crippen molar-refractivity contribution in [1.29, 1.82) is 0 Å². The highest BCUT2D eigenvalue weighted by atomic mass is 15.3. The summed E-state index contributed by atoms with van der Waals surface area (Å²) in [7, 11) is 0. The van der Waals surface area contributed by atoms with Crippen LogP contribution in [0.15, 0.2) is 91.0 Å². The molecule has 0 spiro atoms. The highest BCUT2D eigenvalue weighted by Gasteiger charge is 2.25. The molecular formula is C24H26N2. The minimum atomic E-state index is 0.441. The van der Waals surface area contributed by atoms with Crippen LogP contribution in [0, 0.1) is 0 Å². The molecule has 0 saturated carbocycles. The molecule has 26 heavy (non-hydrogen) atoms. The van der Waals surface area contributed by atoms with Crippen molar-refractivity contribution in [2.75, 3.05) is 31.1 Å². The normalized spacial score (nSPS) is 16.4. The molecule has 0 aliphatic carbocycles. The molecule has 0 bridgehead atoms. The average molecular weight is 342 g/mol. The van der Waals surface area contributed by atoms with Crippen molar-refractivity contribution in [3.63, 3.8) is 0 Å². The highest BCUT2D eigenvalue weighted by molar-refractivity contribution is 5.46. The van der Waals surface area contributed by atoms with E-state index in [1.54, 1.807) is 0 Å². The van der Waals surface area contributed by atoms with Crippen LogP contribution in [0.25, 0.3) is 0 Å². The zero-order chi connectivity index (χ0) is 17.6. The molecule has 0 radical (unpaired) electrons. The van der Waals surface area contributed by atoms with E-state index in [-0.39, 0.29) is 0 Å². The summed E-state index contributed by atoms with van der Waals surface area (Å²) in [5.74, 6) is 0. The van der Waals surface area contributed by atoms with Crippen molar-refractivity contribution in [2.24, 2.45) is 0 Å². The average Bonchev–Trinajstić information content (AvgIpc) is 2.74. The summed E-state index contributed by atoms with van der Waals surface area (Å²) in [4.78, 5) is 5.16. The molecule has 0 aromatic heterocycles. The molecule has 1 fully saturated rings. The lowest BCUT2D eigenvalue weighted by molar-refractivity contribution is 0.184. The number of hydrogen-bond donors (Lipinski definition) is 0. The van der Waals surface area contributed by atoms with Crippen molar-refractivity contribution < 1.29 is 0 Å². The molecular weight excluding hydrogens is 316 g/mol. The maximum absolute atomic E-state index is 2.65. The first-order valence-electron chi connectivity index (χ1n) is 9.53. The van der Waals surface area contributed by atoms with E-state index in [4.69, 9.17) is 0 Å². The zero-order valence-electron chi connectivity index (χ0n) is 15.2. The Morgan fingerprint density at radius 1 is 0.615 bits per heavy atom. The maximum Gasteiger partial charge on any atom is 0.0389 e. The van der Waals surface area contributed by atoms with Gasteiger partial charge in [0.25, 0.3) is 0 Å². The minimum Gasteiger partial charge on any atom is -0.369 e. The van der Waals surface area contributed by atoms with E-state index in [1.165, 1.54) is 16.8 Å². The topological polar surface area (TPSA) is 6.48 Å². The van der Waals surface area contributed by atoms with Crippen LogP contribution < -0.4 is 4.90 Å². The van der Waals surface area contributed by atoms with E-state index in [2.05, 4.69) is 101 Å². The summed E-state index contributed by atoms with van der Waals surface area (Å²) in [5.41, 5.74) is 4.17. The quantitative estimate of drug-likeness (QED) is 0.657. The molecule has 1 heterocycles. The second-order valence-electron chi connectivity index (χ2n) is 6.97. The summed E-state index contributed by atoms with van der Waals surface area (Å²) >= 11 is 0. The number of para-hydroxylation sites is 1. The van der Waals surface area contributed by atoms with Gasteiger partial charge in [-0.15, -0.1) is 0 Å². The fourth-order valence-corrected chi connectivity index (χ4v) is 3.90. The number of hydrogen-bond acceptors (Lipinski definition) is 2. The zero-order valence-corrected chi connectivity index (χ0v) is 15.2. The second kappa shape index (κ2) is 8.20. The van der Waals surface area contributed by atoms with Crippen molar-refractivity contribution in [3.8, 4) is 0 Å². The van der Waals surface area contributed by atoms with Gasteiger partial charge in [-0.05, 0) is 29.7 Å². The Morgan fingerprint density at radius 2 is 1.15 bits per heavy atom. The van der Waals surface area contributed by atoms with Gasteiger partial charge in [-0.1, -0.05) is 78.9 Å². The van der Waals surface area contributed by atoms with Crippen LogP contribution in [0.1, 0.15) is 17.2 Å². The van der Waals surface area contributed by atoms with Crippen molar-refractivity contribution in [1.82, 2.24) is 4.90 Å². The number of rotatable bonds is 5. The van der Waals surface area contributed by atoms with Gasteiger partial charge < -0.3 is 4.90 Å². The fourth-order valence-electron chi connectivity index (χ4n) is 3.90. The van der Waals surface area contributed by atoms with Gasteiger partial charge in [-0.25, -0.2) is 0 Å². The summed E-state index contributed by atoms with van der Waals surface area (Å²) in [5, 5.41) is 0. The first kappa shape index (κ1) is 16.9. The number of piperazine rings is 1. The summed E-state index contributed by atoms with van der Waals surface area (Å²) < 4.78 is 0. The SMILES string of the molecule is c1ccc(CC(c2ccccc2)N2CCN(c3ccccc3)CC2)cc1. The predicted octanol–water partition coefficient (Wildman–Crippen LogP) is 4.79. The molecule has 132 valence electrons. The van der Waals surface area contributed by atoms with Gasteiger partial charge >= 0.3 is 0 Å². The molecule has 1 aliphatic heterocycles. The van der Waals surface area contributed by atoms with Gasteiger partial charge in [-0.2, -0.15) is 0 Å². The van der Waals surface area contributed by atoms with Gasteiger partial charge in [0.05, 0.1) is 0 Å². The Kier molecular flexibility index (Phi) is 5.32. The molecule has 0 amide bonds. The van der Waals surface area contributed by atoms with Crippen molar-refractivity contribution in [2.45, 2.75) is 12.5 Å². The molecule has 2 heteroatoms. The monoisotopic (exact) mass is 342 g/mol. The van der Waals surface area contributed by atoms with Gasteiger partial charge in [0, 0.05) is 37.9 Å². The second-order valence-corrected chi connectivity index (χ2v) is 6.97. The van der Waals surface area contributed by atoms with Gasteiger partial charge in [0.15, 0.2) is 0 Å². The lowest BCUT2D eigenvalue weighted by Gasteiger charge is -2.40. The minimum absolute atomic E-state index is 0.441. The smallest absolute Gasteiger partial charge is 0.0389 e. The molecule has 3 aromatic carbocycles. The third kappa shape index (κ3) is 3.97. The lowest BCUT2D eigenvalue weighted by atomic mass is 9.96. The van der Waals surface area contributed by atoms with Crippen molar-refractivity contribution in [3.05, 3.63) is 102 Å². The molecule has 1 aliphatic rings. The largest absolute Gasteiger partial charge is 0.369 e. The molecule has 1 saturated heterocycles. The van der Waals surface area contributed by atoms with Gasteiger partial charge in [-0.3, -0.25) is 4.90 Å². The van der Waals surface area contributed by atoms with Crippen LogP contribution in [0.4, 0.5) is 5.69 Å². The van der Waals surface area contributed by atoms with Crippen LogP contribution in [-0.2, 0) is 6.42 Å². The predicted molar refractivity (Wildman–Crippen MR) is 110 cm³/mol. The van der Waals surface area contributed by atoms with Crippen molar-refractivity contribution >= 4 is 5.69 Å². The number of nitrogens with zero attached hydrogens (tertiary/aromatic N) is 2. The lowest BCUT2D eigenvalue weighted by Crippen LogP contribution is -2.48. The van der Waals surface area contributed by atoms with E-state index < -0.39 is 0 Å². The molecule has 1 unspecified atom stereocenters. The molecule has 4 rings (SSSR count). The summed E-state index contributed by atoms with van der Waals surface area (Å²) in [6.45, 7) is 4.37. The number of benzene rings is 3. The van der Waals surface area contributed by atoms with E-state index >= 15 is 0 Å². The number of anilines is 1. The Morgan fingerprint density at radius 3 is 1.77 bits per heavy atom. The first-order chi connectivity index (χ1) is 12.9. The van der Waals surface area contributed by atoms with E-state index in [0.717, 1.165) is 32.6 Å². The van der Waals surface area contributed by atoms with Crippen LogP contribution in [0.5, 0.6) is 0 Å². The third-order valence-electron chi connectivity index (χ3n) is 5.33. The standard InChI is InChI=1S/C24H26N2/c1-4-10-21(11-5-1)20-24(22-12-6-2-7-13-22)26-18-16-25(17-19-26)23-14-8-3-9-15-23/h1-15,24H,16-20H2. The van der Waals surface area contributed by atoms with Gasteiger partial charge in [0.1, 0.15) is 0 Å². The molecule has 0 N–H and O–H groups in total. The highest BCUT2D eigenvalue weighted by Crippen LogP contribution is 2.27. The van der Waals surface area contributed by atoms with Crippen LogP contribution >= 0.6 is 0 Å².